The molecule has 0 saturated carbocycles. The van der Waals surface area contributed by atoms with Gasteiger partial charge < -0.3 is 10.2 Å². The fourth-order valence-corrected chi connectivity index (χ4v) is 3.20. The number of anilines is 1. The second-order valence-corrected chi connectivity index (χ2v) is 6.43. The number of carbonyl (C=O) groups excluding carboxylic acids is 1. The summed E-state index contributed by atoms with van der Waals surface area (Å²) in [5.74, 6) is 0.0455. The molecule has 0 fully saturated rings. The molecular weight excluding hydrogens is 308 g/mol. The van der Waals surface area contributed by atoms with E-state index < -0.39 is 0 Å². The first kappa shape index (κ1) is 15.9. The van der Waals surface area contributed by atoms with Crippen molar-refractivity contribution in [1.82, 2.24) is 5.32 Å². The van der Waals surface area contributed by atoms with E-state index in [1.54, 1.807) is 0 Å². The first-order valence-corrected chi connectivity index (χ1v) is 8.39. The number of hydrogen-bond acceptors (Lipinski definition) is 2. The van der Waals surface area contributed by atoms with Crippen molar-refractivity contribution < 1.29 is 4.79 Å². The predicted molar refractivity (Wildman–Crippen MR) is 95.0 cm³/mol. The van der Waals surface area contributed by atoms with E-state index in [0.717, 1.165) is 24.9 Å². The minimum Gasteiger partial charge on any atom is -0.362 e. The maximum atomic E-state index is 12.4. The zero-order valence-corrected chi connectivity index (χ0v) is 14.0. The van der Waals surface area contributed by atoms with Gasteiger partial charge in [-0.05, 0) is 49.1 Å². The Kier molecular flexibility index (Phi) is 4.87. The second-order valence-electron chi connectivity index (χ2n) is 5.99. The molecule has 1 heterocycles. The van der Waals surface area contributed by atoms with Crippen molar-refractivity contribution in [3.05, 3.63) is 64.7 Å². The molecule has 3 nitrogen and oxygen atoms in total. The Morgan fingerprint density at radius 1 is 1.22 bits per heavy atom. The molecule has 1 aliphatic heterocycles. The summed E-state index contributed by atoms with van der Waals surface area (Å²) in [5, 5.41) is 3.78. The average molecular weight is 329 g/mol. The highest BCUT2D eigenvalue weighted by Crippen LogP contribution is 2.26. The van der Waals surface area contributed by atoms with Gasteiger partial charge in [-0.3, -0.25) is 4.79 Å². The Morgan fingerprint density at radius 3 is 2.74 bits per heavy atom. The Morgan fingerprint density at radius 2 is 1.96 bits per heavy atom. The molecule has 23 heavy (non-hydrogen) atoms. The van der Waals surface area contributed by atoms with E-state index >= 15 is 0 Å². The van der Waals surface area contributed by atoms with Crippen LogP contribution in [0.15, 0.2) is 48.5 Å². The van der Waals surface area contributed by atoms with Crippen molar-refractivity contribution in [1.29, 1.82) is 0 Å². The van der Waals surface area contributed by atoms with Crippen molar-refractivity contribution in [2.75, 3.05) is 18.0 Å². The van der Waals surface area contributed by atoms with E-state index in [2.05, 4.69) is 28.4 Å². The van der Waals surface area contributed by atoms with Crippen molar-refractivity contribution in [3.63, 3.8) is 0 Å². The Labute approximate surface area is 142 Å². The number of rotatable bonds is 4. The van der Waals surface area contributed by atoms with Gasteiger partial charge in [0, 0.05) is 17.3 Å². The number of nitrogens with one attached hydrogen (secondary N) is 1. The topological polar surface area (TPSA) is 32.3 Å². The third-order valence-electron chi connectivity index (χ3n) is 4.29. The Hall–Kier alpha value is -2.00. The molecule has 3 rings (SSSR count). The summed E-state index contributed by atoms with van der Waals surface area (Å²) in [4.78, 5) is 14.6. The van der Waals surface area contributed by atoms with E-state index in [1.807, 2.05) is 37.3 Å². The first-order valence-electron chi connectivity index (χ1n) is 8.01. The molecule has 0 radical (unpaired) electrons. The number of para-hydroxylation sites is 1. The summed E-state index contributed by atoms with van der Waals surface area (Å²) in [5.41, 5.74) is 3.58. The number of amides is 1. The molecule has 0 bridgehead atoms. The largest absolute Gasteiger partial charge is 0.362 e. The van der Waals surface area contributed by atoms with Crippen LogP contribution in [0.4, 0.5) is 5.69 Å². The summed E-state index contributed by atoms with van der Waals surface area (Å²) in [6.07, 6.45) is 2.19. The summed E-state index contributed by atoms with van der Waals surface area (Å²) in [7, 11) is 0. The van der Waals surface area contributed by atoms with Gasteiger partial charge in [0.25, 0.3) is 0 Å². The van der Waals surface area contributed by atoms with E-state index in [9.17, 15) is 4.79 Å². The molecule has 1 aliphatic rings. The molecule has 1 amide bonds. The second kappa shape index (κ2) is 7.05. The van der Waals surface area contributed by atoms with Crippen LogP contribution in [-0.4, -0.2) is 19.0 Å². The maximum Gasteiger partial charge on any atom is 0.239 e. The van der Waals surface area contributed by atoms with Gasteiger partial charge in [0.1, 0.15) is 0 Å². The maximum absolute atomic E-state index is 12.4. The normalized spacial score (nSPS) is 15.0. The SMILES string of the molecule is C[C@@H](NC(=O)CN1CCCc2ccccc21)c1ccc(Cl)cc1. The highest BCUT2D eigenvalue weighted by Gasteiger charge is 2.19. The van der Waals surface area contributed by atoms with Crippen molar-refractivity contribution in [2.45, 2.75) is 25.8 Å². The fourth-order valence-electron chi connectivity index (χ4n) is 3.07. The molecule has 0 aromatic heterocycles. The molecule has 4 heteroatoms. The summed E-state index contributed by atoms with van der Waals surface area (Å²) >= 11 is 5.90. The van der Waals surface area contributed by atoms with Crippen LogP contribution in [0.5, 0.6) is 0 Å². The number of nitrogens with zero attached hydrogens (tertiary/aromatic N) is 1. The van der Waals surface area contributed by atoms with Crippen LogP contribution in [0.2, 0.25) is 5.02 Å². The molecule has 1 atom stereocenters. The smallest absolute Gasteiger partial charge is 0.239 e. The lowest BCUT2D eigenvalue weighted by Gasteiger charge is -2.31. The number of carbonyl (C=O) groups is 1. The zero-order valence-electron chi connectivity index (χ0n) is 13.3. The number of halogens is 1. The molecule has 0 spiro atoms. The quantitative estimate of drug-likeness (QED) is 0.921. The number of fused-ring (bicyclic) bond motifs is 1. The Bertz CT molecular complexity index is 684. The van der Waals surface area contributed by atoms with Gasteiger partial charge in [0.2, 0.25) is 5.91 Å². The van der Waals surface area contributed by atoms with Gasteiger partial charge in [-0.15, -0.1) is 0 Å². The van der Waals surface area contributed by atoms with Crippen molar-refractivity contribution in [2.24, 2.45) is 0 Å². The number of benzene rings is 2. The molecule has 2 aromatic rings. The number of aryl methyl sites for hydroxylation is 1. The highest BCUT2D eigenvalue weighted by molar-refractivity contribution is 6.30. The summed E-state index contributed by atoms with van der Waals surface area (Å²) in [6, 6.07) is 15.9. The highest BCUT2D eigenvalue weighted by atomic mass is 35.5. The third-order valence-corrected chi connectivity index (χ3v) is 4.54. The molecule has 0 aliphatic carbocycles. The van der Waals surface area contributed by atoms with Crippen LogP contribution >= 0.6 is 11.6 Å². The molecule has 120 valence electrons. The van der Waals surface area contributed by atoms with Crippen LogP contribution in [0, 0.1) is 0 Å². The van der Waals surface area contributed by atoms with Gasteiger partial charge in [0.05, 0.1) is 12.6 Å². The summed E-state index contributed by atoms with van der Waals surface area (Å²) in [6.45, 7) is 3.32. The minimum atomic E-state index is -0.0280. The predicted octanol–water partition coefficient (Wildman–Crippen LogP) is 3.97. The number of hydrogen-bond donors (Lipinski definition) is 1. The Balaban J connectivity index is 1.63. The lowest BCUT2D eigenvalue weighted by atomic mass is 10.0. The molecular formula is C19H21ClN2O. The van der Waals surface area contributed by atoms with Crippen LogP contribution in [-0.2, 0) is 11.2 Å². The monoisotopic (exact) mass is 328 g/mol. The van der Waals surface area contributed by atoms with E-state index in [4.69, 9.17) is 11.6 Å². The van der Waals surface area contributed by atoms with E-state index in [-0.39, 0.29) is 11.9 Å². The standard InChI is InChI=1S/C19H21ClN2O/c1-14(15-8-10-17(20)11-9-15)21-19(23)13-22-12-4-6-16-5-2-3-7-18(16)22/h2-3,5,7-11,14H,4,6,12-13H2,1H3,(H,21,23)/t14-/m1/s1. The first-order chi connectivity index (χ1) is 11.1. The lowest BCUT2D eigenvalue weighted by Crippen LogP contribution is -2.40. The van der Waals surface area contributed by atoms with Crippen LogP contribution in [0.25, 0.3) is 0 Å². The molecule has 2 aromatic carbocycles. The van der Waals surface area contributed by atoms with Gasteiger partial charge in [0.15, 0.2) is 0 Å². The average Bonchev–Trinajstić information content (AvgIpc) is 2.55. The van der Waals surface area contributed by atoms with Gasteiger partial charge in [-0.1, -0.05) is 41.9 Å². The minimum absolute atomic E-state index is 0.0280. The van der Waals surface area contributed by atoms with Gasteiger partial charge >= 0.3 is 0 Å². The molecule has 1 N–H and O–H groups in total. The zero-order chi connectivity index (χ0) is 16.2. The summed E-state index contributed by atoms with van der Waals surface area (Å²) < 4.78 is 0. The van der Waals surface area contributed by atoms with Gasteiger partial charge in [-0.25, -0.2) is 0 Å². The third kappa shape index (κ3) is 3.85. The van der Waals surface area contributed by atoms with Crippen molar-refractivity contribution in [3.8, 4) is 0 Å². The van der Waals surface area contributed by atoms with Crippen molar-refractivity contribution >= 4 is 23.2 Å². The fraction of sp³-hybridized carbons (Fsp3) is 0.316. The van der Waals surface area contributed by atoms with E-state index in [1.165, 1.54) is 11.3 Å². The van der Waals surface area contributed by atoms with Gasteiger partial charge in [-0.2, -0.15) is 0 Å². The lowest BCUT2D eigenvalue weighted by molar-refractivity contribution is -0.120. The van der Waals surface area contributed by atoms with Crippen LogP contribution in [0.1, 0.15) is 30.5 Å². The van der Waals surface area contributed by atoms with Crippen LogP contribution in [0.3, 0.4) is 0 Å². The van der Waals surface area contributed by atoms with Crippen LogP contribution < -0.4 is 10.2 Å². The molecule has 0 unspecified atom stereocenters. The van der Waals surface area contributed by atoms with E-state index in [0.29, 0.717) is 11.6 Å². The molecule has 0 saturated heterocycles.